The first-order valence-corrected chi connectivity index (χ1v) is 3.65. The molecular formula is C5ClF8NaO3. The van der Waals surface area contributed by atoms with Gasteiger partial charge in [-0.1, -0.05) is 0 Å². The molecule has 1 unspecified atom stereocenters. The first-order chi connectivity index (χ1) is 7.15. The van der Waals surface area contributed by atoms with Crippen LogP contribution in [-0.2, 0) is 9.53 Å². The van der Waals surface area contributed by atoms with Gasteiger partial charge in [-0.25, -0.2) is 0 Å². The molecule has 0 saturated carbocycles. The Morgan fingerprint density at radius 2 is 1.33 bits per heavy atom. The molecule has 0 aliphatic rings. The number of ether oxygens (including phenoxy) is 1. The van der Waals surface area contributed by atoms with Crippen LogP contribution in [0.25, 0.3) is 0 Å². The molecule has 0 fully saturated rings. The van der Waals surface area contributed by atoms with Crippen molar-refractivity contribution in [2.24, 2.45) is 0 Å². The first kappa shape index (κ1) is 20.5. The summed E-state index contributed by atoms with van der Waals surface area (Å²) in [5, 5.41) is 3.96. The fraction of sp³-hybridized carbons (Fsp3) is 0.800. The summed E-state index contributed by atoms with van der Waals surface area (Å²) in [5.41, 5.74) is 0. The monoisotopic (exact) mass is 318 g/mol. The second-order valence-corrected chi connectivity index (χ2v) is 2.97. The van der Waals surface area contributed by atoms with Crippen LogP contribution in [0.4, 0.5) is 35.1 Å². The Labute approximate surface area is 120 Å². The molecule has 0 N–H and O–H groups in total. The van der Waals surface area contributed by atoms with Crippen LogP contribution in [0.5, 0.6) is 0 Å². The number of carboxylic acid groups (broad SMARTS) is 1. The van der Waals surface area contributed by atoms with Crippen molar-refractivity contribution < 1.29 is 79.3 Å². The van der Waals surface area contributed by atoms with Crippen LogP contribution in [-0.4, -0.2) is 29.5 Å². The number of carboxylic acids is 1. The number of halogens is 9. The SMILES string of the molecule is O=C([O-])C(F)(OC(F)(F)C(F)(F)Cl)C(F)(F)F.[Na+]. The van der Waals surface area contributed by atoms with Gasteiger partial charge >= 0.3 is 53.1 Å². The van der Waals surface area contributed by atoms with Crippen molar-refractivity contribution in [2.75, 3.05) is 0 Å². The Balaban J connectivity index is 0. The zero-order valence-electron chi connectivity index (χ0n) is 8.13. The number of carbonyl (C=O) groups excluding carboxylic acids is 1. The van der Waals surface area contributed by atoms with E-state index in [4.69, 9.17) is 0 Å². The van der Waals surface area contributed by atoms with Gasteiger partial charge in [0.25, 0.3) is 0 Å². The summed E-state index contributed by atoms with van der Waals surface area (Å²) >= 11 is 3.63. The molecule has 0 aliphatic carbocycles. The van der Waals surface area contributed by atoms with Crippen molar-refractivity contribution in [1.29, 1.82) is 0 Å². The maximum Gasteiger partial charge on any atom is 1.00 e. The number of hydrogen-bond acceptors (Lipinski definition) is 3. The summed E-state index contributed by atoms with van der Waals surface area (Å²) < 4.78 is 97.7. The Morgan fingerprint density at radius 3 is 1.50 bits per heavy atom. The molecule has 0 aromatic heterocycles. The van der Waals surface area contributed by atoms with E-state index in [2.05, 4.69) is 11.6 Å². The molecular weight excluding hydrogens is 318 g/mol. The van der Waals surface area contributed by atoms with Crippen LogP contribution in [0, 0.1) is 0 Å². The maximum atomic E-state index is 12.6. The standard InChI is InChI=1S/C5HClF8O3.Na/c6-3(8,9)5(13,14)17-2(7,1(15)16)4(10,11)12;/h(H,15,16);/q;+1/p-1. The van der Waals surface area contributed by atoms with Crippen molar-refractivity contribution in [3.63, 3.8) is 0 Å². The van der Waals surface area contributed by atoms with Crippen LogP contribution in [0.2, 0.25) is 0 Å². The van der Waals surface area contributed by atoms with E-state index in [-0.39, 0.29) is 29.6 Å². The molecule has 18 heavy (non-hydrogen) atoms. The van der Waals surface area contributed by atoms with E-state index >= 15 is 0 Å². The predicted octanol–water partition coefficient (Wildman–Crippen LogP) is -1.59. The normalized spacial score (nSPS) is 16.7. The summed E-state index contributed by atoms with van der Waals surface area (Å²) in [6.07, 6.45) is -12.8. The summed E-state index contributed by atoms with van der Waals surface area (Å²) in [5.74, 6) is -9.96. The fourth-order valence-corrected chi connectivity index (χ4v) is 0.488. The van der Waals surface area contributed by atoms with Gasteiger partial charge in [0.1, 0.15) is 5.97 Å². The molecule has 0 heterocycles. The van der Waals surface area contributed by atoms with Crippen LogP contribution in [0.3, 0.4) is 0 Å². The van der Waals surface area contributed by atoms with Gasteiger partial charge in [0.15, 0.2) is 0 Å². The molecule has 0 radical (unpaired) electrons. The molecule has 102 valence electrons. The van der Waals surface area contributed by atoms with E-state index in [0.29, 0.717) is 0 Å². The van der Waals surface area contributed by atoms with E-state index in [1.807, 2.05) is 4.74 Å². The molecule has 1 atom stereocenters. The van der Waals surface area contributed by atoms with Gasteiger partial charge in [-0.3, -0.25) is 4.74 Å². The molecule has 0 rings (SSSR count). The van der Waals surface area contributed by atoms with Crippen molar-refractivity contribution in [1.82, 2.24) is 0 Å². The topological polar surface area (TPSA) is 49.4 Å². The van der Waals surface area contributed by atoms with E-state index in [1.165, 1.54) is 0 Å². The number of carbonyl (C=O) groups is 1. The second kappa shape index (κ2) is 5.65. The molecule has 0 spiro atoms. The quantitative estimate of drug-likeness (QED) is 0.357. The van der Waals surface area contributed by atoms with Gasteiger partial charge in [-0.05, 0) is 11.6 Å². The van der Waals surface area contributed by atoms with Crippen LogP contribution < -0.4 is 34.7 Å². The smallest absolute Gasteiger partial charge is 0.544 e. The van der Waals surface area contributed by atoms with Gasteiger partial charge < -0.3 is 9.90 Å². The van der Waals surface area contributed by atoms with E-state index in [0.717, 1.165) is 0 Å². The van der Waals surface area contributed by atoms with Crippen LogP contribution >= 0.6 is 11.6 Å². The van der Waals surface area contributed by atoms with Crippen LogP contribution in [0.1, 0.15) is 0 Å². The van der Waals surface area contributed by atoms with E-state index in [1.54, 1.807) is 0 Å². The van der Waals surface area contributed by atoms with Crippen molar-refractivity contribution in [2.45, 2.75) is 23.5 Å². The molecule has 3 nitrogen and oxygen atoms in total. The summed E-state index contributed by atoms with van der Waals surface area (Å²) in [6.45, 7) is 0. The number of rotatable bonds is 4. The third-order valence-electron chi connectivity index (χ3n) is 1.23. The number of aliphatic carboxylic acids is 1. The Morgan fingerprint density at radius 1 is 1.00 bits per heavy atom. The third kappa shape index (κ3) is 4.08. The summed E-state index contributed by atoms with van der Waals surface area (Å²) in [6, 6.07) is 0. The molecule has 0 saturated heterocycles. The number of hydrogen-bond donors (Lipinski definition) is 0. The second-order valence-electron chi connectivity index (χ2n) is 2.50. The third-order valence-corrected chi connectivity index (χ3v) is 1.45. The zero-order chi connectivity index (χ0) is 14.3. The van der Waals surface area contributed by atoms with Crippen molar-refractivity contribution in [3.8, 4) is 0 Å². The molecule has 0 aliphatic heterocycles. The molecule has 0 amide bonds. The summed E-state index contributed by atoms with van der Waals surface area (Å²) in [7, 11) is 0. The van der Waals surface area contributed by atoms with E-state index < -0.39 is 29.5 Å². The Bertz CT molecular complexity index is 315. The summed E-state index contributed by atoms with van der Waals surface area (Å²) in [4.78, 5) is 9.72. The molecule has 0 aromatic rings. The van der Waals surface area contributed by atoms with Crippen molar-refractivity contribution >= 4 is 17.6 Å². The van der Waals surface area contributed by atoms with Crippen LogP contribution in [0.15, 0.2) is 0 Å². The zero-order valence-corrected chi connectivity index (χ0v) is 10.9. The van der Waals surface area contributed by atoms with Gasteiger partial charge in [0.2, 0.25) is 0 Å². The predicted molar refractivity (Wildman–Crippen MR) is 31.7 cm³/mol. The molecule has 0 aromatic carbocycles. The van der Waals surface area contributed by atoms with Gasteiger partial charge in [0.05, 0.1) is 0 Å². The van der Waals surface area contributed by atoms with Gasteiger partial charge in [0, 0.05) is 0 Å². The first-order valence-electron chi connectivity index (χ1n) is 3.27. The van der Waals surface area contributed by atoms with E-state index in [9.17, 15) is 45.0 Å². The van der Waals surface area contributed by atoms with Gasteiger partial charge in [-0.2, -0.15) is 35.1 Å². The largest absolute Gasteiger partial charge is 1.00 e. The maximum absolute atomic E-state index is 12.6. The van der Waals surface area contributed by atoms with Gasteiger partial charge in [-0.15, -0.1) is 0 Å². The average molecular weight is 318 g/mol. The minimum absolute atomic E-state index is 0. The Hall–Kier alpha value is 0.160. The van der Waals surface area contributed by atoms with Crippen molar-refractivity contribution in [3.05, 3.63) is 0 Å². The Kier molecular flexibility index (Phi) is 6.43. The average Bonchev–Trinajstić information content (AvgIpc) is 1.98. The minimum Gasteiger partial charge on any atom is -0.544 e. The molecule has 0 bridgehead atoms. The number of alkyl halides is 9. The minimum atomic E-state index is -6.57. The molecule has 13 heteroatoms. The fourth-order valence-electron chi connectivity index (χ4n) is 0.450.